The Morgan fingerprint density at radius 3 is 2.63 bits per heavy atom. The second-order valence-electron chi connectivity index (χ2n) is 5.30. The third kappa shape index (κ3) is 2.47. The predicted molar refractivity (Wildman–Crippen MR) is 71.3 cm³/mol. The van der Waals surface area contributed by atoms with Gasteiger partial charge in [-0.1, -0.05) is 12.8 Å². The average molecular weight is 265 g/mol. The molecule has 1 aromatic heterocycles. The van der Waals surface area contributed by atoms with Crippen molar-refractivity contribution in [2.75, 3.05) is 5.32 Å². The highest BCUT2D eigenvalue weighted by Gasteiger charge is 2.42. The number of hydrogen-bond acceptors (Lipinski definition) is 4. The molecular weight excluding hydrogens is 246 g/mol. The zero-order valence-electron chi connectivity index (χ0n) is 11.2. The molecule has 104 valence electrons. The first-order valence-corrected chi connectivity index (χ1v) is 6.55. The Morgan fingerprint density at radius 2 is 2.11 bits per heavy atom. The maximum absolute atomic E-state index is 12.2. The second kappa shape index (κ2) is 5.03. The number of nitrogens with zero attached hydrogens (tertiary/aromatic N) is 2. The van der Waals surface area contributed by atoms with E-state index < -0.39 is 11.5 Å². The minimum atomic E-state index is -1.04. The van der Waals surface area contributed by atoms with Gasteiger partial charge in [0, 0.05) is 18.4 Å². The van der Waals surface area contributed by atoms with Crippen LogP contribution in [0.1, 0.15) is 45.6 Å². The molecule has 19 heavy (non-hydrogen) atoms. The molecule has 1 aliphatic carbocycles. The van der Waals surface area contributed by atoms with Crippen LogP contribution in [0, 0.1) is 0 Å². The van der Waals surface area contributed by atoms with Gasteiger partial charge in [-0.2, -0.15) is 0 Å². The highest BCUT2D eigenvalue weighted by Crippen LogP contribution is 2.32. The monoisotopic (exact) mass is 265 g/mol. The van der Waals surface area contributed by atoms with Crippen molar-refractivity contribution in [1.29, 1.82) is 0 Å². The lowest BCUT2D eigenvalue weighted by atomic mass is 9.98. The SMILES string of the molecule is CC(C)n1ccnc(NC2(C(=O)O)CCCC2)c1=O. The molecule has 0 atom stereocenters. The van der Waals surface area contributed by atoms with Gasteiger partial charge in [-0.25, -0.2) is 9.78 Å². The van der Waals surface area contributed by atoms with E-state index in [1.54, 1.807) is 10.8 Å². The summed E-state index contributed by atoms with van der Waals surface area (Å²) in [6.45, 7) is 3.79. The van der Waals surface area contributed by atoms with Gasteiger partial charge in [0.2, 0.25) is 0 Å². The summed E-state index contributed by atoms with van der Waals surface area (Å²) in [4.78, 5) is 27.7. The molecule has 1 aliphatic rings. The number of aliphatic carboxylic acids is 1. The molecule has 0 aliphatic heterocycles. The quantitative estimate of drug-likeness (QED) is 0.864. The number of nitrogens with one attached hydrogen (secondary N) is 1. The van der Waals surface area contributed by atoms with E-state index in [4.69, 9.17) is 0 Å². The zero-order chi connectivity index (χ0) is 14.0. The van der Waals surface area contributed by atoms with E-state index in [2.05, 4.69) is 10.3 Å². The van der Waals surface area contributed by atoms with Crippen molar-refractivity contribution in [2.45, 2.75) is 51.1 Å². The van der Waals surface area contributed by atoms with Crippen LogP contribution in [0.4, 0.5) is 5.82 Å². The zero-order valence-corrected chi connectivity index (χ0v) is 11.2. The van der Waals surface area contributed by atoms with Gasteiger partial charge in [0.05, 0.1) is 0 Å². The number of anilines is 1. The van der Waals surface area contributed by atoms with Crippen LogP contribution in [-0.4, -0.2) is 26.2 Å². The highest BCUT2D eigenvalue weighted by atomic mass is 16.4. The molecule has 1 saturated carbocycles. The van der Waals surface area contributed by atoms with E-state index >= 15 is 0 Å². The summed E-state index contributed by atoms with van der Waals surface area (Å²) in [6.07, 6.45) is 5.89. The van der Waals surface area contributed by atoms with E-state index in [0.717, 1.165) is 12.8 Å². The van der Waals surface area contributed by atoms with Crippen LogP contribution in [0.5, 0.6) is 0 Å². The van der Waals surface area contributed by atoms with Crippen molar-refractivity contribution in [3.63, 3.8) is 0 Å². The molecule has 2 rings (SSSR count). The Kier molecular flexibility index (Phi) is 3.59. The minimum Gasteiger partial charge on any atom is -0.480 e. The van der Waals surface area contributed by atoms with Crippen molar-refractivity contribution in [3.8, 4) is 0 Å². The fourth-order valence-corrected chi connectivity index (χ4v) is 2.51. The lowest BCUT2D eigenvalue weighted by Gasteiger charge is -2.25. The van der Waals surface area contributed by atoms with Crippen LogP contribution in [0.2, 0.25) is 0 Å². The first kappa shape index (κ1) is 13.6. The van der Waals surface area contributed by atoms with Gasteiger partial charge < -0.3 is 15.0 Å². The highest BCUT2D eigenvalue weighted by molar-refractivity contribution is 5.82. The Hall–Kier alpha value is -1.85. The Bertz CT molecular complexity index is 530. The van der Waals surface area contributed by atoms with Crippen molar-refractivity contribution >= 4 is 11.8 Å². The van der Waals surface area contributed by atoms with Crippen molar-refractivity contribution in [1.82, 2.24) is 9.55 Å². The summed E-state index contributed by atoms with van der Waals surface area (Å²) >= 11 is 0. The number of carbonyl (C=O) groups is 1. The van der Waals surface area contributed by atoms with Gasteiger partial charge in [-0.05, 0) is 26.7 Å². The Balaban J connectivity index is 2.36. The Morgan fingerprint density at radius 1 is 1.47 bits per heavy atom. The predicted octanol–water partition coefficient (Wildman–Crippen LogP) is 1.63. The summed E-state index contributed by atoms with van der Waals surface area (Å²) in [5.74, 6) is -0.786. The lowest BCUT2D eigenvalue weighted by Crippen LogP contribution is -2.46. The molecule has 0 amide bonds. The van der Waals surface area contributed by atoms with Crippen LogP contribution in [-0.2, 0) is 4.79 Å². The molecule has 1 heterocycles. The smallest absolute Gasteiger partial charge is 0.329 e. The molecule has 1 aromatic rings. The van der Waals surface area contributed by atoms with Crippen LogP contribution < -0.4 is 10.9 Å². The molecule has 0 aromatic carbocycles. The number of aromatic nitrogens is 2. The summed E-state index contributed by atoms with van der Waals surface area (Å²) in [6, 6.07) is 0.0143. The van der Waals surface area contributed by atoms with Gasteiger partial charge in [-0.3, -0.25) is 4.79 Å². The van der Waals surface area contributed by atoms with E-state index in [1.165, 1.54) is 6.20 Å². The van der Waals surface area contributed by atoms with Crippen LogP contribution in [0.15, 0.2) is 17.2 Å². The summed E-state index contributed by atoms with van der Waals surface area (Å²) < 4.78 is 1.54. The fourth-order valence-electron chi connectivity index (χ4n) is 2.51. The van der Waals surface area contributed by atoms with Crippen molar-refractivity contribution in [3.05, 3.63) is 22.7 Å². The van der Waals surface area contributed by atoms with Crippen LogP contribution in [0.3, 0.4) is 0 Å². The number of rotatable bonds is 4. The Labute approximate surface area is 111 Å². The molecule has 6 nitrogen and oxygen atoms in total. The van der Waals surface area contributed by atoms with Gasteiger partial charge in [0.25, 0.3) is 5.56 Å². The molecule has 0 bridgehead atoms. The fraction of sp³-hybridized carbons (Fsp3) is 0.615. The van der Waals surface area contributed by atoms with Gasteiger partial charge in [0.1, 0.15) is 5.54 Å². The molecule has 0 unspecified atom stereocenters. The second-order valence-corrected chi connectivity index (χ2v) is 5.30. The molecule has 2 N–H and O–H groups in total. The third-order valence-corrected chi connectivity index (χ3v) is 3.65. The van der Waals surface area contributed by atoms with E-state index in [0.29, 0.717) is 12.8 Å². The maximum Gasteiger partial charge on any atom is 0.329 e. The summed E-state index contributed by atoms with van der Waals surface area (Å²) in [7, 11) is 0. The third-order valence-electron chi connectivity index (χ3n) is 3.65. The maximum atomic E-state index is 12.2. The van der Waals surface area contributed by atoms with Crippen LogP contribution in [0.25, 0.3) is 0 Å². The van der Waals surface area contributed by atoms with E-state index in [9.17, 15) is 14.7 Å². The molecule has 6 heteroatoms. The van der Waals surface area contributed by atoms with E-state index in [1.807, 2.05) is 13.8 Å². The molecule has 0 radical (unpaired) electrons. The average Bonchev–Trinajstić information content (AvgIpc) is 2.81. The first-order chi connectivity index (χ1) is 8.96. The number of carboxylic acid groups (broad SMARTS) is 1. The van der Waals surface area contributed by atoms with E-state index in [-0.39, 0.29) is 17.4 Å². The van der Waals surface area contributed by atoms with Gasteiger partial charge in [-0.15, -0.1) is 0 Å². The van der Waals surface area contributed by atoms with Crippen molar-refractivity contribution in [2.24, 2.45) is 0 Å². The molecule has 0 spiro atoms. The largest absolute Gasteiger partial charge is 0.480 e. The first-order valence-electron chi connectivity index (χ1n) is 6.55. The standard InChI is InChI=1S/C13H19N3O3/c1-9(2)16-8-7-14-10(11(16)17)15-13(12(18)19)5-3-4-6-13/h7-9H,3-6H2,1-2H3,(H,14,15)(H,18,19). The van der Waals surface area contributed by atoms with Gasteiger partial charge in [0.15, 0.2) is 5.82 Å². The summed E-state index contributed by atoms with van der Waals surface area (Å²) in [5, 5.41) is 12.3. The minimum absolute atomic E-state index is 0.0143. The van der Waals surface area contributed by atoms with Gasteiger partial charge >= 0.3 is 5.97 Å². The normalized spacial score (nSPS) is 17.6. The molecule has 0 saturated heterocycles. The molecule has 1 fully saturated rings. The molecular formula is C13H19N3O3. The number of hydrogen-bond donors (Lipinski definition) is 2. The van der Waals surface area contributed by atoms with Crippen molar-refractivity contribution < 1.29 is 9.90 Å². The number of carboxylic acids is 1. The lowest BCUT2D eigenvalue weighted by molar-refractivity contribution is -0.142. The summed E-state index contributed by atoms with van der Waals surface area (Å²) in [5.41, 5.74) is -1.31. The van der Waals surface area contributed by atoms with Crippen LogP contribution >= 0.6 is 0 Å². The topological polar surface area (TPSA) is 84.2 Å².